The van der Waals surface area contributed by atoms with Gasteiger partial charge in [-0.2, -0.15) is 0 Å². The number of pyridine rings is 1. The molecule has 1 N–H and O–H groups in total. The monoisotopic (exact) mass is 275 g/mol. The van der Waals surface area contributed by atoms with Gasteiger partial charge in [0, 0.05) is 31.5 Å². The van der Waals surface area contributed by atoms with Gasteiger partial charge in [0.2, 0.25) is 5.95 Å². The van der Waals surface area contributed by atoms with E-state index in [0.717, 1.165) is 23.8 Å². The van der Waals surface area contributed by atoms with E-state index in [2.05, 4.69) is 31.6 Å². The second kappa shape index (κ2) is 5.13. The summed E-state index contributed by atoms with van der Waals surface area (Å²) in [5.74, 6) is 0.951. The van der Waals surface area contributed by atoms with Gasteiger partial charge in [-0.25, -0.2) is 5.10 Å². The summed E-state index contributed by atoms with van der Waals surface area (Å²) >= 11 is 5.33. The van der Waals surface area contributed by atoms with Crippen molar-refractivity contribution in [1.82, 2.24) is 19.7 Å². The maximum Gasteiger partial charge on any atom is 0.226 e. The van der Waals surface area contributed by atoms with Gasteiger partial charge in [0.1, 0.15) is 0 Å². The summed E-state index contributed by atoms with van der Waals surface area (Å²) < 4.78 is 2.88. The summed E-state index contributed by atoms with van der Waals surface area (Å²) in [4.78, 5) is 6.29. The molecule has 0 aromatic carbocycles. The number of nitrogens with one attached hydrogen (secondary N) is 1. The molecule has 0 radical (unpaired) electrons. The Balaban J connectivity index is 1.88. The Labute approximate surface area is 117 Å². The van der Waals surface area contributed by atoms with E-state index < -0.39 is 0 Å². The van der Waals surface area contributed by atoms with Crippen LogP contribution in [0.1, 0.15) is 31.4 Å². The molecule has 5 nitrogen and oxygen atoms in total. The van der Waals surface area contributed by atoms with E-state index in [1.807, 2.05) is 24.5 Å². The second-order valence-electron chi connectivity index (χ2n) is 4.80. The van der Waals surface area contributed by atoms with Crippen LogP contribution < -0.4 is 4.90 Å². The number of hydrogen-bond donors (Lipinski definition) is 1. The Morgan fingerprint density at radius 1 is 1.42 bits per heavy atom. The number of rotatable bonds is 5. The highest BCUT2D eigenvalue weighted by molar-refractivity contribution is 7.71. The number of anilines is 1. The molecule has 0 atom stereocenters. The molecule has 2 aromatic rings. The van der Waals surface area contributed by atoms with Crippen LogP contribution in [-0.2, 0) is 6.54 Å². The van der Waals surface area contributed by atoms with Gasteiger partial charge >= 0.3 is 0 Å². The van der Waals surface area contributed by atoms with Crippen LogP contribution in [0, 0.1) is 4.77 Å². The lowest BCUT2D eigenvalue weighted by molar-refractivity contribution is 0.681. The zero-order chi connectivity index (χ0) is 13.2. The number of nitrogens with zero attached hydrogens (tertiary/aromatic N) is 4. The van der Waals surface area contributed by atoms with Crippen LogP contribution in [0.15, 0.2) is 24.5 Å². The fraction of sp³-hybridized carbons (Fsp3) is 0.462. The molecule has 0 spiro atoms. The van der Waals surface area contributed by atoms with Crippen molar-refractivity contribution in [3.8, 4) is 0 Å². The third-order valence-electron chi connectivity index (χ3n) is 3.39. The summed E-state index contributed by atoms with van der Waals surface area (Å²) in [6.45, 7) is 3.86. The molecule has 0 bridgehead atoms. The highest BCUT2D eigenvalue weighted by Crippen LogP contribution is 2.37. The third-order valence-corrected chi connectivity index (χ3v) is 3.67. The first kappa shape index (κ1) is 12.3. The van der Waals surface area contributed by atoms with Crippen LogP contribution in [0.2, 0.25) is 0 Å². The minimum Gasteiger partial charge on any atom is -0.337 e. The minimum atomic E-state index is 0.535. The van der Waals surface area contributed by atoms with Crippen molar-refractivity contribution in [3.05, 3.63) is 34.9 Å². The van der Waals surface area contributed by atoms with Crippen LogP contribution in [0.3, 0.4) is 0 Å². The van der Waals surface area contributed by atoms with E-state index in [1.54, 1.807) is 0 Å². The first-order chi connectivity index (χ1) is 9.29. The summed E-state index contributed by atoms with van der Waals surface area (Å²) in [6.07, 6.45) is 6.05. The average Bonchev–Trinajstić information content (AvgIpc) is 3.20. The maximum atomic E-state index is 5.33. The molecule has 0 aliphatic heterocycles. The zero-order valence-electron chi connectivity index (χ0n) is 10.9. The molecular weight excluding hydrogens is 258 g/mol. The Hall–Kier alpha value is -1.69. The first-order valence-electron chi connectivity index (χ1n) is 6.60. The number of aromatic nitrogens is 4. The Morgan fingerprint density at radius 2 is 2.16 bits per heavy atom. The van der Waals surface area contributed by atoms with Crippen molar-refractivity contribution >= 4 is 18.2 Å². The van der Waals surface area contributed by atoms with Crippen molar-refractivity contribution in [2.75, 3.05) is 11.4 Å². The van der Waals surface area contributed by atoms with E-state index in [9.17, 15) is 0 Å². The molecule has 0 saturated heterocycles. The molecule has 1 aliphatic carbocycles. The lowest BCUT2D eigenvalue weighted by atomic mass is 10.2. The van der Waals surface area contributed by atoms with Crippen molar-refractivity contribution in [2.45, 2.75) is 32.4 Å². The highest BCUT2D eigenvalue weighted by atomic mass is 32.1. The van der Waals surface area contributed by atoms with E-state index in [0.29, 0.717) is 6.04 Å². The van der Waals surface area contributed by atoms with Crippen LogP contribution in [-0.4, -0.2) is 26.3 Å². The summed E-state index contributed by atoms with van der Waals surface area (Å²) in [5, 5.41) is 7.32. The number of aromatic amines is 1. The zero-order valence-corrected chi connectivity index (χ0v) is 11.7. The Kier molecular flexibility index (Phi) is 3.33. The van der Waals surface area contributed by atoms with Gasteiger partial charge in [0.05, 0.1) is 0 Å². The van der Waals surface area contributed by atoms with Crippen LogP contribution in [0.4, 0.5) is 5.95 Å². The molecule has 0 amide bonds. The molecule has 2 heterocycles. The van der Waals surface area contributed by atoms with Gasteiger partial charge < -0.3 is 4.90 Å². The van der Waals surface area contributed by atoms with Crippen LogP contribution >= 0.6 is 12.2 Å². The molecule has 6 heteroatoms. The quantitative estimate of drug-likeness (QED) is 0.852. The molecule has 1 fully saturated rings. The topological polar surface area (TPSA) is 49.7 Å². The van der Waals surface area contributed by atoms with E-state index >= 15 is 0 Å². The Morgan fingerprint density at radius 3 is 2.79 bits per heavy atom. The fourth-order valence-corrected chi connectivity index (χ4v) is 2.49. The van der Waals surface area contributed by atoms with Crippen molar-refractivity contribution in [3.63, 3.8) is 0 Å². The van der Waals surface area contributed by atoms with Crippen molar-refractivity contribution in [1.29, 1.82) is 0 Å². The SMILES string of the molecule is CCN(Cc1ccncc1)c1n[nH]c(=S)n1C1CC1. The first-order valence-corrected chi connectivity index (χ1v) is 7.01. The Bertz CT molecular complexity index is 599. The van der Waals surface area contributed by atoms with Crippen LogP contribution in [0.25, 0.3) is 0 Å². The van der Waals surface area contributed by atoms with Gasteiger partial charge in [0.15, 0.2) is 4.77 Å². The van der Waals surface area contributed by atoms with E-state index in [4.69, 9.17) is 12.2 Å². The smallest absolute Gasteiger partial charge is 0.226 e. The van der Waals surface area contributed by atoms with Gasteiger partial charge in [-0.3, -0.25) is 9.55 Å². The van der Waals surface area contributed by atoms with Crippen LogP contribution in [0.5, 0.6) is 0 Å². The predicted octanol–water partition coefficient (Wildman–Crippen LogP) is 2.70. The van der Waals surface area contributed by atoms with Gasteiger partial charge in [-0.15, -0.1) is 5.10 Å². The largest absolute Gasteiger partial charge is 0.337 e. The second-order valence-corrected chi connectivity index (χ2v) is 5.19. The summed E-state index contributed by atoms with van der Waals surface area (Å²) in [7, 11) is 0. The summed E-state index contributed by atoms with van der Waals surface area (Å²) in [5.41, 5.74) is 1.23. The average molecular weight is 275 g/mol. The highest BCUT2D eigenvalue weighted by Gasteiger charge is 2.28. The van der Waals surface area contributed by atoms with Gasteiger partial charge in [-0.05, 0) is 49.7 Å². The molecule has 3 rings (SSSR count). The van der Waals surface area contributed by atoms with Crippen molar-refractivity contribution < 1.29 is 0 Å². The molecule has 1 saturated carbocycles. The van der Waals surface area contributed by atoms with Gasteiger partial charge in [0.25, 0.3) is 0 Å². The molecule has 100 valence electrons. The molecule has 0 unspecified atom stereocenters. The lowest BCUT2D eigenvalue weighted by Crippen LogP contribution is -2.25. The maximum absolute atomic E-state index is 5.33. The summed E-state index contributed by atoms with van der Waals surface area (Å²) in [6, 6.07) is 4.60. The van der Waals surface area contributed by atoms with Crippen molar-refractivity contribution in [2.24, 2.45) is 0 Å². The molecule has 19 heavy (non-hydrogen) atoms. The predicted molar refractivity (Wildman–Crippen MR) is 76.6 cm³/mol. The molecular formula is C13H17N5S. The number of H-pyrrole nitrogens is 1. The molecule has 1 aliphatic rings. The molecule has 2 aromatic heterocycles. The number of hydrogen-bond acceptors (Lipinski definition) is 4. The normalized spacial score (nSPS) is 14.6. The lowest BCUT2D eigenvalue weighted by Gasteiger charge is -2.22. The minimum absolute atomic E-state index is 0.535. The fourth-order valence-electron chi connectivity index (χ4n) is 2.21. The van der Waals surface area contributed by atoms with Gasteiger partial charge in [-0.1, -0.05) is 0 Å². The third kappa shape index (κ3) is 2.53. The standard InChI is InChI=1S/C13H17N5S/c1-2-17(9-10-5-7-14-8-6-10)12-15-16-13(19)18(12)11-3-4-11/h5-8,11H,2-4,9H2,1H3,(H,16,19). The van der Waals surface area contributed by atoms with E-state index in [1.165, 1.54) is 18.4 Å². The van der Waals surface area contributed by atoms with E-state index in [-0.39, 0.29) is 0 Å².